The molecule has 1 aliphatic heterocycles. The molecule has 0 aliphatic carbocycles. The second-order valence-corrected chi connectivity index (χ2v) is 8.16. The van der Waals surface area contributed by atoms with Gasteiger partial charge in [-0.05, 0) is 42.3 Å². The van der Waals surface area contributed by atoms with Gasteiger partial charge in [0.2, 0.25) is 0 Å². The number of aromatic nitrogens is 3. The van der Waals surface area contributed by atoms with E-state index in [0.717, 1.165) is 29.8 Å². The minimum Gasteiger partial charge on any atom is -0.495 e. The quantitative estimate of drug-likeness (QED) is 0.427. The van der Waals surface area contributed by atoms with Crippen LogP contribution in [-0.4, -0.2) is 40.4 Å². The third-order valence-electron chi connectivity index (χ3n) is 5.80. The minimum absolute atomic E-state index is 0.193. The minimum atomic E-state index is -0.210. The molecule has 5 rings (SSSR count). The number of hydrogen-bond acceptors (Lipinski definition) is 6. The first-order valence-electron chi connectivity index (χ1n) is 10.2. The Labute approximate surface area is 188 Å². The van der Waals surface area contributed by atoms with Crippen LogP contribution in [0.2, 0.25) is 5.02 Å². The molecule has 0 amide bonds. The van der Waals surface area contributed by atoms with Crippen molar-refractivity contribution in [1.82, 2.24) is 14.2 Å². The van der Waals surface area contributed by atoms with Gasteiger partial charge in [-0.1, -0.05) is 28.9 Å². The molecule has 4 aromatic rings. The Kier molecular flexibility index (Phi) is 5.14. The monoisotopic (exact) mass is 449 g/mol. The second kappa shape index (κ2) is 8.12. The number of hydrogen-bond donors (Lipinski definition) is 0. The van der Waals surface area contributed by atoms with Crippen LogP contribution in [0.5, 0.6) is 5.75 Å². The molecule has 1 atom stereocenters. The Morgan fingerprint density at radius 2 is 1.94 bits per heavy atom. The zero-order chi connectivity index (χ0) is 22.2. The van der Waals surface area contributed by atoms with Crippen LogP contribution in [0.3, 0.4) is 0 Å². The first-order chi connectivity index (χ1) is 15.6. The number of rotatable bonds is 5. The van der Waals surface area contributed by atoms with Crippen LogP contribution >= 0.6 is 11.6 Å². The van der Waals surface area contributed by atoms with Crippen LogP contribution in [-0.2, 0) is 0 Å². The van der Waals surface area contributed by atoms with E-state index in [0.29, 0.717) is 28.5 Å². The summed E-state index contributed by atoms with van der Waals surface area (Å²) in [5.74, 6) is 0.623. The third-order valence-corrected chi connectivity index (χ3v) is 6.05. The Bertz CT molecular complexity index is 1360. The molecule has 0 radical (unpaired) electrons. The van der Waals surface area contributed by atoms with Crippen LogP contribution < -0.4 is 15.2 Å². The number of benzene rings is 2. The number of halogens is 1. The summed E-state index contributed by atoms with van der Waals surface area (Å²) in [6, 6.07) is 14.6. The van der Waals surface area contributed by atoms with E-state index >= 15 is 0 Å². The average Bonchev–Trinajstić information content (AvgIpc) is 3.47. The summed E-state index contributed by atoms with van der Waals surface area (Å²) in [6.45, 7) is 1.29. The topological polar surface area (TPSA) is 81.2 Å². The first kappa shape index (κ1) is 20.3. The lowest BCUT2D eigenvalue weighted by atomic mass is 10.1. The second-order valence-electron chi connectivity index (χ2n) is 7.72. The van der Waals surface area contributed by atoms with Crippen molar-refractivity contribution >= 4 is 22.8 Å². The number of fused-ring (bicyclic) bond motifs is 1. The average molecular weight is 450 g/mol. The summed E-state index contributed by atoms with van der Waals surface area (Å²) in [5.41, 5.74) is 3.61. The van der Waals surface area contributed by atoms with E-state index in [1.54, 1.807) is 17.7 Å². The van der Waals surface area contributed by atoms with E-state index < -0.39 is 0 Å². The maximum absolute atomic E-state index is 13.2. The zero-order valence-corrected chi connectivity index (χ0v) is 18.1. The van der Waals surface area contributed by atoms with E-state index in [1.165, 1.54) is 10.9 Å². The largest absolute Gasteiger partial charge is 0.495 e. The van der Waals surface area contributed by atoms with E-state index in [-0.39, 0.29) is 11.6 Å². The van der Waals surface area contributed by atoms with Crippen molar-refractivity contribution in [3.63, 3.8) is 0 Å². The Morgan fingerprint density at radius 3 is 2.66 bits per heavy atom. The molecule has 1 saturated heterocycles. The van der Waals surface area contributed by atoms with Crippen molar-refractivity contribution in [1.29, 1.82) is 0 Å². The summed E-state index contributed by atoms with van der Waals surface area (Å²) >= 11 is 5.98. The van der Waals surface area contributed by atoms with Crippen LogP contribution in [0.25, 0.3) is 22.3 Å². The van der Waals surface area contributed by atoms with Crippen LogP contribution in [0.4, 0.5) is 5.69 Å². The third kappa shape index (κ3) is 3.52. The fraction of sp³-hybridized carbons (Fsp3) is 0.217. The van der Waals surface area contributed by atoms with Gasteiger partial charge >= 0.3 is 0 Å². The van der Waals surface area contributed by atoms with Gasteiger partial charge in [0.25, 0.3) is 5.56 Å². The summed E-state index contributed by atoms with van der Waals surface area (Å²) < 4.78 is 8.65. The summed E-state index contributed by atoms with van der Waals surface area (Å²) in [5, 5.41) is 8.23. The fourth-order valence-electron chi connectivity index (χ4n) is 4.10. The molecule has 3 heterocycles. The van der Waals surface area contributed by atoms with Gasteiger partial charge in [0.1, 0.15) is 23.6 Å². The highest BCUT2D eigenvalue weighted by Crippen LogP contribution is 2.33. The first-order valence-corrected chi connectivity index (χ1v) is 10.6. The van der Waals surface area contributed by atoms with Gasteiger partial charge in [-0.2, -0.15) is 10.0 Å². The maximum atomic E-state index is 13.2. The SMILES string of the molecule is COc1cc(-n2cnn3cc(-c4ccc(Cl)cc4)cc3c2=O)ccc1N1CC[C@@H](N=O)C1. The highest BCUT2D eigenvalue weighted by Gasteiger charge is 2.25. The molecule has 162 valence electrons. The van der Waals surface area contributed by atoms with Crippen LogP contribution in [0.1, 0.15) is 6.42 Å². The van der Waals surface area contributed by atoms with Gasteiger partial charge in [-0.25, -0.2) is 4.52 Å². The Balaban J connectivity index is 1.53. The summed E-state index contributed by atoms with van der Waals surface area (Å²) in [6.07, 6.45) is 4.04. The molecule has 0 bridgehead atoms. The maximum Gasteiger partial charge on any atom is 0.282 e. The highest BCUT2D eigenvalue weighted by atomic mass is 35.5. The van der Waals surface area contributed by atoms with Gasteiger partial charge in [0, 0.05) is 35.9 Å². The lowest BCUT2D eigenvalue weighted by molar-refractivity contribution is 0.414. The summed E-state index contributed by atoms with van der Waals surface area (Å²) in [4.78, 5) is 26.2. The van der Waals surface area contributed by atoms with E-state index in [2.05, 4.69) is 15.2 Å². The number of nitroso groups, excluding NO2 is 1. The smallest absolute Gasteiger partial charge is 0.282 e. The van der Waals surface area contributed by atoms with Gasteiger partial charge in [-0.3, -0.25) is 9.36 Å². The predicted octanol–water partition coefficient (Wildman–Crippen LogP) is 4.16. The van der Waals surface area contributed by atoms with Gasteiger partial charge in [0.15, 0.2) is 0 Å². The zero-order valence-electron chi connectivity index (χ0n) is 17.3. The lowest BCUT2D eigenvalue weighted by Gasteiger charge is -2.21. The van der Waals surface area contributed by atoms with E-state index in [4.69, 9.17) is 16.3 Å². The molecular weight excluding hydrogens is 430 g/mol. The molecule has 0 N–H and O–H groups in total. The Morgan fingerprint density at radius 1 is 1.12 bits per heavy atom. The standard InChI is InChI=1S/C23H20ClN5O3/c1-32-22-11-19(6-7-20(22)27-9-8-18(13-27)26-31)28-14-25-29-12-16(10-21(29)23(28)30)15-2-4-17(24)5-3-15/h2-7,10-12,14,18H,8-9,13H2,1H3/t18-/m1/s1. The van der Waals surface area contributed by atoms with Crippen LogP contribution in [0.15, 0.2) is 71.0 Å². The van der Waals surface area contributed by atoms with Crippen molar-refractivity contribution in [2.24, 2.45) is 5.18 Å². The Hall–Kier alpha value is -3.65. The van der Waals surface area contributed by atoms with Gasteiger partial charge in [-0.15, -0.1) is 0 Å². The van der Waals surface area contributed by atoms with Crippen molar-refractivity contribution < 1.29 is 4.74 Å². The number of methoxy groups -OCH3 is 1. The molecule has 0 saturated carbocycles. The molecule has 2 aromatic carbocycles. The van der Waals surface area contributed by atoms with Crippen LogP contribution in [0, 0.1) is 4.91 Å². The lowest BCUT2D eigenvalue weighted by Crippen LogP contribution is -2.23. The van der Waals surface area contributed by atoms with Gasteiger partial charge < -0.3 is 9.64 Å². The molecule has 1 fully saturated rings. The van der Waals surface area contributed by atoms with E-state index in [9.17, 15) is 9.70 Å². The predicted molar refractivity (Wildman–Crippen MR) is 124 cm³/mol. The van der Waals surface area contributed by atoms with Gasteiger partial charge in [0.05, 0.1) is 18.5 Å². The van der Waals surface area contributed by atoms with Crippen molar-refractivity contribution in [2.45, 2.75) is 12.5 Å². The molecular formula is C23H20ClN5O3. The van der Waals surface area contributed by atoms with Crippen molar-refractivity contribution in [2.75, 3.05) is 25.1 Å². The highest BCUT2D eigenvalue weighted by molar-refractivity contribution is 6.30. The van der Waals surface area contributed by atoms with E-state index in [1.807, 2.05) is 48.7 Å². The molecule has 8 nitrogen and oxygen atoms in total. The normalized spacial score (nSPS) is 15.9. The molecule has 2 aromatic heterocycles. The van der Waals surface area contributed by atoms with Crippen molar-refractivity contribution in [3.8, 4) is 22.6 Å². The number of anilines is 1. The molecule has 32 heavy (non-hydrogen) atoms. The number of nitrogens with zero attached hydrogens (tertiary/aromatic N) is 5. The number of ether oxygens (including phenoxy) is 1. The molecule has 1 aliphatic rings. The fourth-order valence-corrected chi connectivity index (χ4v) is 4.22. The summed E-state index contributed by atoms with van der Waals surface area (Å²) in [7, 11) is 1.59. The molecule has 0 spiro atoms. The molecule has 0 unspecified atom stereocenters. The van der Waals surface area contributed by atoms with Crippen molar-refractivity contribution in [3.05, 3.63) is 81.3 Å². The molecule has 9 heteroatoms.